The molecule has 0 spiro atoms. The number of carbonyl (C=O) groups excluding carboxylic acids is 4. The first-order valence-electron chi connectivity index (χ1n) is 11.8. The van der Waals surface area contributed by atoms with Crippen LogP contribution in [0.3, 0.4) is 0 Å². The number of urea groups is 1. The van der Waals surface area contributed by atoms with E-state index in [1.165, 1.54) is 6.08 Å². The number of benzene rings is 3. The molecule has 11 heteroatoms. The first kappa shape index (κ1) is 28.1. The van der Waals surface area contributed by atoms with Gasteiger partial charge in [0.05, 0.1) is 16.8 Å². The lowest BCUT2D eigenvalue weighted by molar-refractivity contribution is -0.122. The first-order valence-corrected chi connectivity index (χ1v) is 13.4. The van der Waals surface area contributed by atoms with E-state index in [-0.39, 0.29) is 23.8 Å². The Morgan fingerprint density at radius 3 is 2.36 bits per heavy atom. The zero-order valence-electron chi connectivity index (χ0n) is 20.9. The minimum Gasteiger partial charge on any atom is -0.490 e. The molecule has 200 valence electrons. The molecule has 0 aromatic heterocycles. The maximum Gasteiger partial charge on any atom is 0.335 e. The summed E-state index contributed by atoms with van der Waals surface area (Å²) in [7, 11) is 0. The number of amides is 5. The number of nitrogens with one attached hydrogen (secondary N) is 2. The van der Waals surface area contributed by atoms with Gasteiger partial charge in [0.15, 0.2) is 18.1 Å². The van der Waals surface area contributed by atoms with Gasteiger partial charge in [0.1, 0.15) is 5.57 Å². The quantitative estimate of drug-likeness (QED) is 0.241. The van der Waals surface area contributed by atoms with Crippen LogP contribution < -0.4 is 25.0 Å². The molecule has 0 saturated carbocycles. The summed E-state index contributed by atoms with van der Waals surface area (Å²) in [4.78, 5) is 51.6. The molecular formula is C28H23Br2N3O6. The number of hydrogen-bond acceptors (Lipinski definition) is 6. The van der Waals surface area contributed by atoms with E-state index < -0.39 is 17.8 Å². The van der Waals surface area contributed by atoms with E-state index in [1.807, 2.05) is 19.1 Å². The fourth-order valence-corrected chi connectivity index (χ4v) is 4.53. The lowest BCUT2D eigenvalue weighted by Crippen LogP contribution is -2.54. The number of nitrogens with zero attached hydrogens (tertiary/aromatic N) is 1. The highest BCUT2D eigenvalue weighted by Gasteiger charge is 2.36. The molecule has 0 bridgehead atoms. The van der Waals surface area contributed by atoms with Gasteiger partial charge in [-0.25, -0.2) is 9.69 Å². The van der Waals surface area contributed by atoms with Gasteiger partial charge in [-0.1, -0.05) is 33.6 Å². The Kier molecular flexibility index (Phi) is 8.82. The van der Waals surface area contributed by atoms with E-state index in [9.17, 15) is 19.2 Å². The molecule has 5 amide bonds. The van der Waals surface area contributed by atoms with Crippen molar-refractivity contribution in [2.75, 3.05) is 23.4 Å². The Morgan fingerprint density at radius 2 is 1.69 bits per heavy atom. The molecule has 3 aromatic rings. The summed E-state index contributed by atoms with van der Waals surface area (Å²) in [6.07, 6.45) is 1.36. The largest absolute Gasteiger partial charge is 0.490 e. The molecule has 0 radical (unpaired) electrons. The molecule has 1 heterocycles. The monoisotopic (exact) mass is 655 g/mol. The van der Waals surface area contributed by atoms with E-state index in [4.69, 9.17) is 9.47 Å². The standard InChI is InChI=1S/C28H23Br2N3O6/c1-3-38-23-14-17(13-22(30)25(23)39-15-24(34)31-19-8-4-16(2)5-9-19)12-21-26(35)32-28(37)33(27(21)36)20-10-6-18(29)7-11-20/h4-14H,3,15H2,1-2H3,(H,31,34)(H,32,35,37)/b21-12+. The van der Waals surface area contributed by atoms with E-state index in [0.29, 0.717) is 33.8 Å². The van der Waals surface area contributed by atoms with Crippen LogP contribution in [0.1, 0.15) is 18.1 Å². The van der Waals surface area contributed by atoms with E-state index >= 15 is 0 Å². The molecule has 9 nitrogen and oxygen atoms in total. The lowest BCUT2D eigenvalue weighted by atomic mass is 10.1. The minimum atomic E-state index is -0.840. The van der Waals surface area contributed by atoms with Crippen LogP contribution in [0.25, 0.3) is 6.08 Å². The fraction of sp³-hybridized carbons (Fsp3) is 0.143. The average molecular weight is 657 g/mol. The van der Waals surface area contributed by atoms with Gasteiger partial charge in [-0.3, -0.25) is 19.7 Å². The Bertz CT molecular complexity index is 1470. The molecule has 0 aliphatic carbocycles. The molecule has 1 aliphatic rings. The first-order chi connectivity index (χ1) is 18.7. The molecule has 0 atom stereocenters. The van der Waals surface area contributed by atoms with Crippen molar-refractivity contribution >= 4 is 73.1 Å². The summed E-state index contributed by atoms with van der Waals surface area (Å²) in [5, 5.41) is 4.96. The van der Waals surface area contributed by atoms with Crippen molar-refractivity contribution in [3.05, 3.63) is 86.3 Å². The fourth-order valence-electron chi connectivity index (χ4n) is 3.69. The number of imide groups is 2. The van der Waals surface area contributed by atoms with Gasteiger partial charge in [0, 0.05) is 10.2 Å². The summed E-state index contributed by atoms with van der Waals surface area (Å²) >= 11 is 6.75. The highest BCUT2D eigenvalue weighted by Crippen LogP contribution is 2.38. The summed E-state index contributed by atoms with van der Waals surface area (Å²) in [5.41, 5.74) is 2.22. The summed E-state index contributed by atoms with van der Waals surface area (Å²) < 4.78 is 12.7. The normalized spacial score (nSPS) is 14.3. The summed E-state index contributed by atoms with van der Waals surface area (Å²) in [5.74, 6) is -1.37. The van der Waals surface area contributed by atoms with E-state index in [2.05, 4.69) is 42.5 Å². The van der Waals surface area contributed by atoms with E-state index in [0.717, 1.165) is 14.9 Å². The number of aryl methyl sites for hydroxylation is 1. The van der Waals surface area contributed by atoms with Crippen molar-refractivity contribution in [3.8, 4) is 11.5 Å². The van der Waals surface area contributed by atoms with Gasteiger partial charge in [-0.05, 0) is 89.9 Å². The molecular weight excluding hydrogens is 634 g/mol. The number of rotatable bonds is 8. The summed E-state index contributed by atoms with van der Waals surface area (Å²) in [6, 6.07) is 16.3. The predicted molar refractivity (Wildman–Crippen MR) is 154 cm³/mol. The van der Waals surface area contributed by atoms with Gasteiger partial charge in [-0.15, -0.1) is 0 Å². The average Bonchev–Trinajstić information content (AvgIpc) is 2.88. The number of anilines is 2. The van der Waals surface area contributed by atoms with Crippen LogP contribution in [0.5, 0.6) is 11.5 Å². The van der Waals surface area contributed by atoms with Crippen molar-refractivity contribution in [1.29, 1.82) is 0 Å². The minimum absolute atomic E-state index is 0.238. The van der Waals surface area contributed by atoms with Crippen LogP contribution in [0.2, 0.25) is 0 Å². The van der Waals surface area contributed by atoms with Crippen molar-refractivity contribution in [1.82, 2.24) is 5.32 Å². The molecule has 0 unspecified atom stereocenters. The van der Waals surface area contributed by atoms with Gasteiger partial charge < -0.3 is 14.8 Å². The summed E-state index contributed by atoms with van der Waals surface area (Å²) in [6.45, 7) is 3.75. The maximum absolute atomic E-state index is 13.2. The van der Waals surface area contributed by atoms with Gasteiger partial charge in [-0.2, -0.15) is 0 Å². The van der Waals surface area contributed by atoms with Crippen LogP contribution in [-0.2, 0) is 14.4 Å². The Balaban J connectivity index is 1.57. The zero-order valence-corrected chi connectivity index (χ0v) is 24.1. The second kappa shape index (κ2) is 12.3. The van der Waals surface area contributed by atoms with Crippen LogP contribution in [0.4, 0.5) is 16.2 Å². The third-order valence-electron chi connectivity index (χ3n) is 5.51. The van der Waals surface area contributed by atoms with Crippen LogP contribution >= 0.6 is 31.9 Å². The van der Waals surface area contributed by atoms with Crippen molar-refractivity contribution < 1.29 is 28.7 Å². The highest BCUT2D eigenvalue weighted by molar-refractivity contribution is 9.10. The SMILES string of the molecule is CCOc1cc(/C=C2\C(=O)NC(=O)N(c3ccc(Br)cc3)C2=O)cc(Br)c1OCC(=O)Nc1ccc(C)cc1. The van der Waals surface area contributed by atoms with E-state index in [1.54, 1.807) is 55.5 Å². The second-order valence-electron chi connectivity index (χ2n) is 8.40. The lowest BCUT2D eigenvalue weighted by Gasteiger charge is -2.26. The van der Waals surface area contributed by atoms with Crippen molar-refractivity contribution in [2.45, 2.75) is 13.8 Å². The molecule has 1 fully saturated rings. The van der Waals surface area contributed by atoms with Gasteiger partial charge >= 0.3 is 6.03 Å². The van der Waals surface area contributed by atoms with Gasteiger partial charge in [0.25, 0.3) is 17.7 Å². The molecule has 39 heavy (non-hydrogen) atoms. The number of carbonyl (C=O) groups is 4. The number of hydrogen-bond donors (Lipinski definition) is 2. The Hall–Kier alpha value is -3.96. The Labute approximate surface area is 241 Å². The second-order valence-corrected chi connectivity index (χ2v) is 10.2. The molecule has 1 saturated heterocycles. The number of barbiturate groups is 1. The Morgan fingerprint density at radius 1 is 1.00 bits per heavy atom. The predicted octanol–water partition coefficient (Wildman–Crippen LogP) is 5.60. The van der Waals surface area contributed by atoms with Crippen molar-refractivity contribution in [2.24, 2.45) is 0 Å². The van der Waals surface area contributed by atoms with Crippen LogP contribution in [-0.4, -0.2) is 37.0 Å². The molecule has 2 N–H and O–H groups in total. The van der Waals surface area contributed by atoms with Crippen molar-refractivity contribution in [3.63, 3.8) is 0 Å². The van der Waals surface area contributed by atoms with Gasteiger partial charge in [0.2, 0.25) is 0 Å². The smallest absolute Gasteiger partial charge is 0.335 e. The molecule has 4 rings (SSSR count). The maximum atomic E-state index is 13.2. The topological polar surface area (TPSA) is 114 Å². The highest BCUT2D eigenvalue weighted by atomic mass is 79.9. The van der Waals surface area contributed by atoms with Crippen LogP contribution in [0.15, 0.2) is 75.2 Å². The third-order valence-corrected chi connectivity index (χ3v) is 6.63. The number of halogens is 2. The third kappa shape index (κ3) is 6.73. The zero-order chi connectivity index (χ0) is 28.1. The molecule has 3 aromatic carbocycles. The molecule has 1 aliphatic heterocycles. The van der Waals surface area contributed by atoms with Crippen LogP contribution in [0, 0.1) is 6.92 Å². The number of ether oxygens (including phenoxy) is 2.